The quantitative estimate of drug-likeness (QED) is 0.662. The summed E-state index contributed by atoms with van der Waals surface area (Å²) in [5.41, 5.74) is 0.640. The molecule has 0 bridgehead atoms. The van der Waals surface area contributed by atoms with E-state index >= 15 is 0 Å². The van der Waals surface area contributed by atoms with E-state index in [9.17, 15) is 22.4 Å². The van der Waals surface area contributed by atoms with E-state index in [1.807, 2.05) is 12.1 Å². The number of sulfonamides is 1. The zero-order chi connectivity index (χ0) is 23.6. The van der Waals surface area contributed by atoms with Crippen molar-refractivity contribution >= 4 is 27.5 Å². The number of anilines is 1. The number of hydrogen-bond donors (Lipinski definition) is 0. The first-order chi connectivity index (χ1) is 15.8. The molecule has 1 atom stereocenters. The van der Waals surface area contributed by atoms with Crippen LogP contribution in [0.3, 0.4) is 0 Å². The van der Waals surface area contributed by atoms with Gasteiger partial charge >= 0.3 is 0 Å². The first-order valence-electron chi connectivity index (χ1n) is 10.9. The molecule has 0 aromatic heterocycles. The number of ether oxygens (including phenoxy) is 1. The maximum Gasteiger partial charge on any atom is 0.267 e. The van der Waals surface area contributed by atoms with Crippen LogP contribution >= 0.6 is 0 Å². The Morgan fingerprint density at radius 2 is 1.79 bits per heavy atom. The van der Waals surface area contributed by atoms with Crippen LogP contribution in [-0.4, -0.2) is 68.3 Å². The highest BCUT2D eigenvalue weighted by atomic mass is 32.2. The van der Waals surface area contributed by atoms with Gasteiger partial charge in [0, 0.05) is 39.1 Å². The largest absolute Gasteiger partial charge is 0.479 e. The third-order valence-corrected chi connectivity index (χ3v) is 7.79. The highest BCUT2D eigenvalue weighted by Gasteiger charge is 2.32. The fourth-order valence-corrected chi connectivity index (χ4v) is 5.56. The van der Waals surface area contributed by atoms with Crippen molar-refractivity contribution in [3.05, 3.63) is 54.3 Å². The molecule has 0 saturated carbocycles. The molecular weight excluding hydrogens is 449 g/mol. The van der Waals surface area contributed by atoms with Gasteiger partial charge in [-0.15, -0.1) is 0 Å². The van der Waals surface area contributed by atoms with Crippen LogP contribution in [0.5, 0.6) is 5.75 Å². The first kappa shape index (κ1) is 23.2. The molecule has 1 fully saturated rings. The minimum absolute atomic E-state index is 0.0299. The molecule has 10 heteroatoms. The van der Waals surface area contributed by atoms with E-state index in [0.717, 1.165) is 12.1 Å². The van der Waals surface area contributed by atoms with Crippen LogP contribution < -0.4 is 9.64 Å². The van der Waals surface area contributed by atoms with Gasteiger partial charge in [-0.1, -0.05) is 12.1 Å². The van der Waals surface area contributed by atoms with Crippen molar-refractivity contribution < 1.29 is 27.1 Å². The molecule has 2 aromatic rings. The van der Waals surface area contributed by atoms with Gasteiger partial charge in [-0.25, -0.2) is 12.8 Å². The lowest BCUT2D eigenvalue weighted by Gasteiger charge is -2.33. The van der Waals surface area contributed by atoms with Gasteiger partial charge in [0.05, 0.1) is 10.6 Å². The third-order valence-electron chi connectivity index (χ3n) is 5.88. The van der Waals surface area contributed by atoms with Gasteiger partial charge in [0.1, 0.15) is 11.6 Å². The fourth-order valence-electron chi connectivity index (χ4n) is 4.09. The lowest BCUT2D eigenvalue weighted by Crippen LogP contribution is -2.46. The summed E-state index contributed by atoms with van der Waals surface area (Å²) in [5.74, 6) is -0.236. The minimum atomic E-state index is -3.77. The van der Waals surface area contributed by atoms with E-state index in [-0.39, 0.29) is 49.3 Å². The number of fused-ring (bicyclic) bond motifs is 1. The Hall–Kier alpha value is -2.98. The average molecular weight is 476 g/mol. The predicted molar refractivity (Wildman–Crippen MR) is 120 cm³/mol. The number of amides is 2. The molecule has 33 heavy (non-hydrogen) atoms. The van der Waals surface area contributed by atoms with Gasteiger partial charge in [0.25, 0.3) is 5.91 Å². The highest BCUT2D eigenvalue weighted by Crippen LogP contribution is 2.33. The number of halogens is 1. The molecule has 2 aliphatic rings. The van der Waals surface area contributed by atoms with Crippen LogP contribution in [0.1, 0.15) is 19.8 Å². The molecule has 0 spiro atoms. The number of carbonyl (C=O) groups is 2. The van der Waals surface area contributed by atoms with Crippen molar-refractivity contribution in [3.8, 4) is 5.75 Å². The molecule has 8 nitrogen and oxygen atoms in total. The summed E-state index contributed by atoms with van der Waals surface area (Å²) in [6, 6.07) is 11.9. The molecule has 2 aromatic carbocycles. The minimum Gasteiger partial charge on any atom is -0.479 e. The van der Waals surface area contributed by atoms with E-state index < -0.39 is 21.9 Å². The van der Waals surface area contributed by atoms with Crippen LogP contribution in [0.25, 0.3) is 0 Å². The van der Waals surface area contributed by atoms with E-state index in [2.05, 4.69) is 0 Å². The van der Waals surface area contributed by atoms with Crippen molar-refractivity contribution in [2.24, 2.45) is 0 Å². The van der Waals surface area contributed by atoms with E-state index in [0.29, 0.717) is 24.4 Å². The van der Waals surface area contributed by atoms with Crippen LogP contribution in [0.2, 0.25) is 0 Å². The maximum atomic E-state index is 13.2. The predicted octanol–water partition coefficient (Wildman–Crippen LogP) is 2.25. The van der Waals surface area contributed by atoms with Gasteiger partial charge in [-0.2, -0.15) is 4.31 Å². The normalized spacial score (nSPS) is 19.6. The zero-order valence-electron chi connectivity index (χ0n) is 18.3. The topological polar surface area (TPSA) is 87.2 Å². The smallest absolute Gasteiger partial charge is 0.267 e. The summed E-state index contributed by atoms with van der Waals surface area (Å²) in [6.45, 7) is 3.01. The van der Waals surface area contributed by atoms with Gasteiger partial charge < -0.3 is 14.5 Å². The van der Waals surface area contributed by atoms with Crippen LogP contribution in [0, 0.1) is 5.82 Å². The Kier molecular flexibility index (Phi) is 6.66. The fraction of sp³-hybridized carbons (Fsp3) is 0.391. The SMILES string of the molecule is CC1Oc2ccccc2N(CCC(=O)N2CCCN(S(=O)(=O)c3ccc(F)cc3)CC2)C1=O. The number of hydrogen-bond acceptors (Lipinski definition) is 5. The van der Waals surface area contributed by atoms with Crippen LogP contribution in [0.4, 0.5) is 10.1 Å². The van der Waals surface area contributed by atoms with Crippen LogP contribution in [0.15, 0.2) is 53.4 Å². The van der Waals surface area contributed by atoms with Crippen molar-refractivity contribution in [2.45, 2.75) is 30.8 Å². The number of carbonyl (C=O) groups excluding carboxylic acids is 2. The summed E-state index contributed by atoms with van der Waals surface area (Å²) in [7, 11) is -3.77. The third kappa shape index (κ3) is 4.86. The number of benzene rings is 2. The molecule has 176 valence electrons. The maximum absolute atomic E-state index is 13.2. The summed E-state index contributed by atoms with van der Waals surface area (Å²) >= 11 is 0. The van der Waals surface area contributed by atoms with Gasteiger partial charge in [0.2, 0.25) is 15.9 Å². The molecule has 4 rings (SSSR count). The second-order valence-corrected chi connectivity index (χ2v) is 10.00. The Bertz CT molecular complexity index is 1140. The number of para-hydroxylation sites is 2. The molecule has 2 aliphatic heterocycles. The van der Waals surface area contributed by atoms with E-state index in [1.54, 1.807) is 28.9 Å². The Morgan fingerprint density at radius 1 is 1.06 bits per heavy atom. The van der Waals surface area contributed by atoms with Gasteiger partial charge in [-0.3, -0.25) is 9.59 Å². The molecular formula is C23H26FN3O5S. The molecule has 0 N–H and O–H groups in total. The number of nitrogens with zero attached hydrogens (tertiary/aromatic N) is 3. The molecule has 0 radical (unpaired) electrons. The van der Waals surface area contributed by atoms with Crippen molar-refractivity contribution in [3.63, 3.8) is 0 Å². The summed E-state index contributed by atoms with van der Waals surface area (Å²) in [4.78, 5) is 28.8. The van der Waals surface area contributed by atoms with Crippen LogP contribution in [-0.2, 0) is 19.6 Å². The summed E-state index contributed by atoms with van der Waals surface area (Å²) in [5, 5.41) is 0. The second-order valence-electron chi connectivity index (χ2n) is 8.06. The summed E-state index contributed by atoms with van der Waals surface area (Å²) < 4.78 is 45.9. The Labute approximate surface area is 192 Å². The van der Waals surface area contributed by atoms with Gasteiger partial charge in [0.15, 0.2) is 6.10 Å². The summed E-state index contributed by atoms with van der Waals surface area (Å²) in [6.07, 6.45) is -0.0153. The van der Waals surface area contributed by atoms with Gasteiger partial charge in [-0.05, 0) is 49.7 Å². The molecule has 0 aliphatic carbocycles. The lowest BCUT2D eigenvalue weighted by atomic mass is 10.1. The second kappa shape index (κ2) is 9.48. The van der Waals surface area contributed by atoms with E-state index in [4.69, 9.17) is 4.74 Å². The average Bonchev–Trinajstić information content (AvgIpc) is 3.06. The van der Waals surface area contributed by atoms with E-state index in [1.165, 1.54) is 16.4 Å². The molecule has 1 saturated heterocycles. The highest BCUT2D eigenvalue weighted by molar-refractivity contribution is 7.89. The monoisotopic (exact) mass is 475 g/mol. The zero-order valence-corrected chi connectivity index (χ0v) is 19.1. The van der Waals surface area contributed by atoms with Crippen molar-refractivity contribution in [1.82, 2.24) is 9.21 Å². The molecule has 1 unspecified atom stereocenters. The van der Waals surface area contributed by atoms with Crippen molar-refractivity contribution in [1.29, 1.82) is 0 Å². The molecule has 2 amide bonds. The lowest BCUT2D eigenvalue weighted by molar-refractivity contribution is -0.131. The Balaban J connectivity index is 1.38. The Morgan fingerprint density at radius 3 is 2.55 bits per heavy atom. The first-order valence-corrected chi connectivity index (χ1v) is 12.3. The van der Waals surface area contributed by atoms with Crippen molar-refractivity contribution in [2.75, 3.05) is 37.6 Å². The molecule has 2 heterocycles. The standard InChI is InChI=1S/C23H26FN3O5S/c1-17-23(29)27(20-5-2-3-6-21(20)32-17)14-11-22(28)25-12-4-13-26(16-15-25)33(30,31)19-9-7-18(24)8-10-19/h2-3,5-10,17H,4,11-16H2,1H3. The number of rotatable bonds is 5.